The van der Waals surface area contributed by atoms with Crippen LogP contribution in [0.3, 0.4) is 0 Å². The lowest BCUT2D eigenvalue weighted by atomic mass is 10.1. The first kappa shape index (κ1) is 19.1. The molecule has 0 amide bonds. The minimum absolute atomic E-state index is 0.646. The van der Waals surface area contributed by atoms with Gasteiger partial charge in [-0.15, -0.1) is 5.10 Å². The van der Waals surface area contributed by atoms with Crippen molar-refractivity contribution in [2.45, 2.75) is 26.4 Å². The van der Waals surface area contributed by atoms with Crippen molar-refractivity contribution in [2.24, 2.45) is 0 Å². The van der Waals surface area contributed by atoms with E-state index in [1.165, 1.54) is 12.8 Å². The van der Waals surface area contributed by atoms with Gasteiger partial charge in [0.15, 0.2) is 5.82 Å². The van der Waals surface area contributed by atoms with Crippen molar-refractivity contribution >= 4 is 23.1 Å². The maximum Gasteiger partial charge on any atom is 0.204 e. The third-order valence-electron chi connectivity index (χ3n) is 5.61. The van der Waals surface area contributed by atoms with Crippen molar-refractivity contribution in [1.29, 1.82) is 0 Å². The van der Waals surface area contributed by atoms with Gasteiger partial charge in [-0.3, -0.25) is 9.47 Å². The zero-order valence-corrected chi connectivity index (χ0v) is 17.9. The summed E-state index contributed by atoms with van der Waals surface area (Å²) < 4.78 is 10.3. The van der Waals surface area contributed by atoms with Gasteiger partial charge >= 0.3 is 0 Å². The molecule has 154 valence electrons. The van der Waals surface area contributed by atoms with Crippen molar-refractivity contribution in [3.63, 3.8) is 0 Å². The molecule has 7 heteroatoms. The third kappa shape index (κ3) is 3.44. The molecule has 1 N–H and O–H groups in total. The topological polar surface area (TPSA) is 51.0 Å². The van der Waals surface area contributed by atoms with Gasteiger partial charge in [-0.1, -0.05) is 18.2 Å². The number of rotatable bonds is 6. The Hall–Kier alpha value is -2.90. The third-order valence-corrected chi connectivity index (χ3v) is 6.00. The van der Waals surface area contributed by atoms with Crippen LogP contribution < -0.4 is 4.74 Å². The minimum Gasteiger partial charge on any atom is -0.494 e. The number of likely N-dealkylation sites (tertiary alicyclic amines) is 1. The summed E-state index contributed by atoms with van der Waals surface area (Å²) in [4.78, 5) is 5.77. The second-order valence-corrected chi connectivity index (χ2v) is 7.95. The first-order valence-electron chi connectivity index (χ1n) is 10.5. The number of aromatic nitrogens is 4. The number of hydrogen-bond donors (Lipinski definition) is 1. The van der Waals surface area contributed by atoms with E-state index in [1.54, 1.807) is 0 Å². The van der Waals surface area contributed by atoms with Crippen LogP contribution >= 0.6 is 12.2 Å². The molecule has 1 saturated heterocycles. The van der Waals surface area contributed by atoms with Crippen LogP contribution in [0.4, 0.5) is 0 Å². The van der Waals surface area contributed by atoms with Crippen molar-refractivity contribution in [3.05, 3.63) is 59.5 Å². The Morgan fingerprint density at radius 1 is 1.07 bits per heavy atom. The minimum atomic E-state index is 0.646. The highest BCUT2D eigenvalue weighted by Crippen LogP contribution is 2.30. The highest BCUT2D eigenvalue weighted by Gasteiger charge is 2.20. The zero-order valence-electron chi connectivity index (χ0n) is 17.0. The Bertz CT molecular complexity index is 1210. The summed E-state index contributed by atoms with van der Waals surface area (Å²) >= 11 is 5.91. The molecule has 5 rings (SSSR count). The summed E-state index contributed by atoms with van der Waals surface area (Å²) in [5.74, 6) is 1.70. The molecule has 30 heavy (non-hydrogen) atoms. The SMILES string of the molecule is CCOc1ccc(-n2c(-c3c[nH]c4ccccc34)nn(CN3CCCC3)c2=S)cc1. The fourth-order valence-electron chi connectivity index (χ4n) is 4.14. The molecule has 0 atom stereocenters. The summed E-state index contributed by atoms with van der Waals surface area (Å²) in [6, 6.07) is 16.3. The second kappa shape index (κ2) is 8.08. The van der Waals surface area contributed by atoms with Crippen molar-refractivity contribution < 1.29 is 4.74 Å². The number of nitrogens with one attached hydrogen (secondary N) is 1. The number of nitrogens with zero attached hydrogens (tertiary/aromatic N) is 4. The first-order valence-corrected chi connectivity index (χ1v) is 10.9. The highest BCUT2D eigenvalue weighted by atomic mass is 32.1. The Morgan fingerprint density at radius 3 is 2.60 bits per heavy atom. The van der Waals surface area contributed by atoms with Gasteiger partial charge in [0.1, 0.15) is 5.75 Å². The predicted molar refractivity (Wildman–Crippen MR) is 122 cm³/mol. The van der Waals surface area contributed by atoms with Gasteiger partial charge in [0, 0.05) is 22.7 Å². The molecular weight excluding hydrogens is 394 g/mol. The number of aromatic amines is 1. The Kier molecular flexibility index (Phi) is 5.14. The summed E-state index contributed by atoms with van der Waals surface area (Å²) in [6.07, 6.45) is 4.50. The highest BCUT2D eigenvalue weighted by molar-refractivity contribution is 7.71. The molecule has 6 nitrogen and oxygen atoms in total. The quantitative estimate of drug-likeness (QED) is 0.447. The van der Waals surface area contributed by atoms with E-state index in [9.17, 15) is 0 Å². The molecule has 4 aromatic rings. The van der Waals surface area contributed by atoms with Crippen LogP contribution in [0.15, 0.2) is 54.7 Å². The number of fused-ring (bicyclic) bond motifs is 1. The Labute approximate surface area is 180 Å². The van der Waals surface area contributed by atoms with Crippen LogP contribution in [-0.4, -0.2) is 43.9 Å². The van der Waals surface area contributed by atoms with Gasteiger partial charge < -0.3 is 9.72 Å². The molecule has 2 aromatic heterocycles. The molecule has 1 fully saturated rings. The van der Waals surface area contributed by atoms with Crippen LogP contribution in [0.5, 0.6) is 5.75 Å². The first-order chi connectivity index (χ1) is 14.7. The maximum absolute atomic E-state index is 5.91. The number of hydrogen-bond acceptors (Lipinski definition) is 4. The van der Waals surface area contributed by atoms with Crippen molar-refractivity contribution in [3.8, 4) is 22.8 Å². The molecule has 1 aliphatic rings. The lowest BCUT2D eigenvalue weighted by Gasteiger charge is -2.13. The van der Waals surface area contributed by atoms with Gasteiger partial charge in [0.05, 0.1) is 19.0 Å². The number of H-pyrrole nitrogens is 1. The average molecular weight is 420 g/mol. The molecule has 0 bridgehead atoms. The normalized spacial score (nSPS) is 14.6. The van der Waals surface area contributed by atoms with Gasteiger partial charge in [0.2, 0.25) is 4.77 Å². The Morgan fingerprint density at radius 2 is 1.83 bits per heavy atom. The molecule has 2 aromatic carbocycles. The van der Waals surface area contributed by atoms with Gasteiger partial charge in [-0.2, -0.15) is 0 Å². The lowest BCUT2D eigenvalue weighted by Crippen LogP contribution is -2.23. The van der Waals surface area contributed by atoms with E-state index in [0.29, 0.717) is 11.4 Å². The van der Waals surface area contributed by atoms with Crippen LogP contribution in [0.2, 0.25) is 0 Å². The maximum atomic E-state index is 5.91. The summed E-state index contributed by atoms with van der Waals surface area (Å²) in [6.45, 7) is 5.55. The van der Waals surface area contributed by atoms with E-state index in [0.717, 1.165) is 53.5 Å². The van der Waals surface area contributed by atoms with E-state index >= 15 is 0 Å². The van der Waals surface area contributed by atoms with Crippen LogP contribution in [0.25, 0.3) is 28.0 Å². The molecule has 0 radical (unpaired) electrons. The Balaban J connectivity index is 1.65. The van der Waals surface area contributed by atoms with E-state index < -0.39 is 0 Å². The molecule has 0 unspecified atom stereocenters. The molecule has 1 aliphatic heterocycles. The van der Waals surface area contributed by atoms with Crippen molar-refractivity contribution in [1.82, 2.24) is 24.2 Å². The smallest absolute Gasteiger partial charge is 0.204 e. The fraction of sp³-hybridized carbons (Fsp3) is 0.304. The predicted octanol–water partition coefficient (Wildman–Crippen LogP) is 5.00. The molecular formula is C23H25N5OS. The lowest BCUT2D eigenvalue weighted by molar-refractivity contribution is 0.253. The van der Waals surface area contributed by atoms with Crippen LogP contribution in [-0.2, 0) is 6.67 Å². The largest absolute Gasteiger partial charge is 0.494 e. The standard InChI is InChI=1S/C23H25N5OS/c1-2-29-18-11-9-17(10-12-18)28-22(20-15-24-21-8-4-3-7-19(20)21)25-27(23(28)30)16-26-13-5-6-14-26/h3-4,7-12,15,24H,2,5-6,13-14,16H2,1H3. The van der Waals surface area contributed by atoms with Crippen LogP contribution in [0.1, 0.15) is 19.8 Å². The van der Waals surface area contributed by atoms with Crippen molar-refractivity contribution in [2.75, 3.05) is 19.7 Å². The summed E-state index contributed by atoms with van der Waals surface area (Å²) in [5.41, 5.74) is 3.12. The fourth-order valence-corrected chi connectivity index (χ4v) is 4.43. The van der Waals surface area contributed by atoms with Gasteiger partial charge in [-0.05, 0) is 75.4 Å². The number of benzene rings is 2. The molecule has 0 spiro atoms. The van der Waals surface area contributed by atoms with Gasteiger partial charge in [0.25, 0.3) is 0 Å². The monoisotopic (exact) mass is 419 g/mol. The molecule has 3 heterocycles. The van der Waals surface area contributed by atoms with Crippen LogP contribution in [0, 0.1) is 4.77 Å². The second-order valence-electron chi connectivity index (χ2n) is 7.58. The average Bonchev–Trinajstić information content (AvgIpc) is 3.49. The summed E-state index contributed by atoms with van der Waals surface area (Å²) in [7, 11) is 0. The molecule has 0 aliphatic carbocycles. The number of para-hydroxylation sites is 1. The molecule has 0 saturated carbocycles. The summed E-state index contributed by atoms with van der Waals surface area (Å²) in [5, 5.41) is 6.12. The van der Waals surface area contributed by atoms with E-state index in [2.05, 4.69) is 32.7 Å². The van der Waals surface area contributed by atoms with E-state index in [1.807, 2.05) is 48.1 Å². The van der Waals surface area contributed by atoms with E-state index in [-0.39, 0.29) is 0 Å². The van der Waals surface area contributed by atoms with E-state index in [4.69, 9.17) is 22.1 Å². The zero-order chi connectivity index (χ0) is 20.5. The van der Waals surface area contributed by atoms with Gasteiger partial charge in [-0.25, -0.2) is 4.68 Å². The number of ether oxygens (including phenoxy) is 1.